The van der Waals surface area contributed by atoms with Gasteiger partial charge in [-0.3, -0.25) is 9.88 Å². The van der Waals surface area contributed by atoms with Crippen molar-refractivity contribution in [2.45, 2.75) is 205 Å². The van der Waals surface area contributed by atoms with Crippen molar-refractivity contribution in [3.8, 4) is 0 Å². The maximum absolute atomic E-state index is 6.91. The van der Waals surface area contributed by atoms with Crippen LogP contribution >= 0.6 is 0 Å². The Bertz CT molecular complexity index is 1020. The van der Waals surface area contributed by atoms with Crippen LogP contribution in [-0.4, -0.2) is 47.5 Å². The van der Waals surface area contributed by atoms with E-state index in [-0.39, 0.29) is 18.0 Å². The van der Waals surface area contributed by atoms with E-state index in [1.807, 2.05) is 12.4 Å². The molecule has 2 fully saturated rings. The molecule has 2 aliphatic heterocycles. The van der Waals surface area contributed by atoms with Crippen LogP contribution in [0.3, 0.4) is 0 Å². The van der Waals surface area contributed by atoms with Crippen molar-refractivity contribution in [3.05, 3.63) is 78.7 Å². The summed E-state index contributed by atoms with van der Waals surface area (Å²) >= 11 is 0. The van der Waals surface area contributed by atoms with Crippen LogP contribution in [-0.2, 0) is 15.9 Å². The molecular formula is C48H80N2O2. The fourth-order valence-electron chi connectivity index (χ4n) is 7.77. The van der Waals surface area contributed by atoms with Gasteiger partial charge in [-0.1, -0.05) is 140 Å². The lowest BCUT2D eigenvalue weighted by molar-refractivity contribution is -0.193. The van der Waals surface area contributed by atoms with Crippen molar-refractivity contribution in [3.63, 3.8) is 0 Å². The molecule has 2 saturated heterocycles. The fourth-order valence-corrected chi connectivity index (χ4v) is 7.77. The molecule has 4 heteroatoms. The number of likely N-dealkylation sites (tertiary alicyclic amines) is 1. The van der Waals surface area contributed by atoms with Crippen molar-refractivity contribution in [1.29, 1.82) is 0 Å². The maximum Gasteiger partial charge on any atom is 0.169 e. The molecule has 1 aromatic rings. The topological polar surface area (TPSA) is 34.6 Å². The van der Waals surface area contributed by atoms with Crippen LogP contribution in [0.5, 0.6) is 0 Å². The van der Waals surface area contributed by atoms with Crippen LogP contribution < -0.4 is 0 Å². The van der Waals surface area contributed by atoms with Gasteiger partial charge in [0.05, 0.1) is 0 Å². The molecule has 0 radical (unpaired) electrons. The third-order valence-electron chi connectivity index (χ3n) is 11.0. The van der Waals surface area contributed by atoms with Gasteiger partial charge in [-0.05, 0) is 101 Å². The molecule has 0 aliphatic carbocycles. The second-order valence-corrected chi connectivity index (χ2v) is 15.8. The number of allylic oxidation sites excluding steroid dienone is 8. The van der Waals surface area contributed by atoms with Crippen LogP contribution in [0.15, 0.2) is 73.1 Å². The summed E-state index contributed by atoms with van der Waals surface area (Å²) in [6, 6.07) is 4.27. The number of hydrogen-bond donors (Lipinski definition) is 0. The van der Waals surface area contributed by atoms with Crippen LogP contribution in [0.25, 0.3) is 0 Å². The summed E-state index contributed by atoms with van der Waals surface area (Å²) in [6.07, 6.45) is 57.2. The maximum atomic E-state index is 6.91. The monoisotopic (exact) mass is 717 g/mol. The van der Waals surface area contributed by atoms with E-state index >= 15 is 0 Å². The van der Waals surface area contributed by atoms with E-state index in [0.717, 1.165) is 51.7 Å². The standard InChI is InChI=1S/C48H80N2O2/c1-3-5-7-9-11-13-15-17-19-21-23-25-27-29-31-33-38-48(39-34-32-30-28-26-24-22-20-18-16-14-12-10-8-6-4-2)51-46-43-50(44-47(46)52-48)42-37-45-35-40-49-41-36-45/h11-14,17-20,35-36,40-41,46-47H,3-10,15-16,21-34,37-39,42-44H2,1-2H3/b13-11-,14-12-,19-17-,20-18-. The van der Waals surface area contributed by atoms with Crippen molar-refractivity contribution < 1.29 is 9.47 Å². The lowest BCUT2D eigenvalue weighted by Crippen LogP contribution is -2.36. The van der Waals surface area contributed by atoms with E-state index in [1.165, 1.54) is 147 Å². The van der Waals surface area contributed by atoms with Crippen LogP contribution in [0, 0.1) is 0 Å². The Kier molecular flexibility index (Phi) is 25.9. The first-order valence-electron chi connectivity index (χ1n) is 22.3. The minimum absolute atomic E-state index is 0.228. The summed E-state index contributed by atoms with van der Waals surface area (Å²) in [7, 11) is 0. The number of ether oxygens (including phenoxy) is 2. The van der Waals surface area contributed by atoms with Crippen molar-refractivity contribution >= 4 is 0 Å². The van der Waals surface area contributed by atoms with Crippen LogP contribution in [0.2, 0.25) is 0 Å². The third-order valence-corrected chi connectivity index (χ3v) is 11.0. The molecule has 0 aromatic carbocycles. The number of hydrogen-bond acceptors (Lipinski definition) is 4. The van der Waals surface area contributed by atoms with Gasteiger partial charge in [-0.15, -0.1) is 0 Å². The average molecular weight is 717 g/mol. The molecule has 0 spiro atoms. The third kappa shape index (κ3) is 21.0. The van der Waals surface area contributed by atoms with Gasteiger partial charge < -0.3 is 9.47 Å². The summed E-state index contributed by atoms with van der Waals surface area (Å²) in [5.41, 5.74) is 1.36. The molecule has 0 saturated carbocycles. The Morgan fingerprint density at radius 3 is 1.40 bits per heavy atom. The zero-order valence-electron chi connectivity index (χ0n) is 34.0. The summed E-state index contributed by atoms with van der Waals surface area (Å²) in [5, 5.41) is 0. The summed E-state index contributed by atoms with van der Waals surface area (Å²) in [4.78, 5) is 6.71. The van der Waals surface area contributed by atoms with Gasteiger partial charge in [-0.25, -0.2) is 0 Å². The van der Waals surface area contributed by atoms with E-state index in [0.29, 0.717) is 0 Å². The van der Waals surface area contributed by atoms with E-state index in [2.05, 4.69) is 84.5 Å². The normalized spacial score (nSPS) is 19.0. The Balaban J connectivity index is 1.28. The molecule has 3 heterocycles. The molecule has 4 nitrogen and oxygen atoms in total. The highest BCUT2D eigenvalue weighted by Crippen LogP contribution is 2.40. The van der Waals surface area contributed by atoms with E-state index < -0.39 is 0 Å². The highest BCUT2D eigenvalue weighted by Gasteiger charge is 2.50. The molecule has 0 bridgehead atoms. The number of rotatable bonds is 33. The number of fused-ring (bicyclic) bond motifs is 1. The minimum Gasteiger partial charge on any atom is -0.343 e. The summed E-state index contributed by atoms with van der Waals surface area (Å²) < 4.78 is 13.8. The SMILES string of the molecule is CCCCC/C=C\C/C=C\CCCCCCCCC1(CCCCCCCC/C=C\C/C=C\CCCCC)OC2CN(CCc3ccncc3)CC2O1. The molecule has 0 N–H and O–H groups in total. The predicted octanol–water partition coefficient (Wildman–Crippen LogP) is 13.8. The zero-order valence-corrected chi connectivity index (χ0v) is 34.0. The number of aromatic nitrogens is 1. The second-order valence-electron chi connectivity index (χ2n) is 15.8. The Hall–Kier alpha value is -2.01. The average Bonchev–Trinajstić information content (AvgIpc) is 3.70. The predicted molar refractivity (Wildman–Crippen MR) is 225 cm³/mol. The van der Waals surface area contributed by atoms with Crippen molar-refractivity contribution in [2.24, 2.45) is 0 Å². The van der Waals surface area contributed by atoms with Gasteiger partial charge in [0.2, 0.25) is 0 Å². The quantitative estimate of drug-likeness (QED) is 0.0536. The molecule has 2 aliphatic rings. The summed E-state index contributed by atoms with van der Waals surface area (Å²) in [6.45, 7) is 7.61. The van der Waals surface area contributed by atoms with Crippen LogP contribution in [0.1, 0.15) is 186 Å². The van der Waals surface area contributed by atoms with Crippen LogP contribution in [0.4, 0.5) is 0 Å². The molecule has 52 heavy (non-hydrogen) atoms. The second kappa shape index (κ2) is 30.3. The molecule has 2 unspecified atom stereocenters. The van der Waals surface area contributed by atoms with Gasteiger partial charge in [0.15, 0.2) is 5.79 Å². The minimum atomic E-state index is -0.350. The molecule has 1 aromatic heterocycles. The van der Waals surface area contributed by atoms with Gasteiger partial charge >= 0.3 is 0 Å². The lowest BCUT2D eigenvalue weighted by atomic mass is 9.98. The van der Waals surface area contributed by atoms with E-state index in [1.54, 1.807) is 0 Å². The Labute approximate surface area is 322 Å². The first-order valence-corrected chi connectivity index (χ1v) is 22.3. The van der Waals surface area contributed by atoms with Gasteiger partial charge in [0.25, 0.3) is 0 Å². The Morgan fingerprint density at radius 1 is 0.558 bits per heavy atom. The smallest absolute Gasteiger partial charge is 0.169 e. The fraction of sp³-hybridized carbons (Fsp3) is 0.729. The van der Waals surface area contributed by atoms with Gasteiger partial charge in [-0.2, -0.15) is 0 Å². The highest BCUT2D eigenvalue weighted by molar-refractivity contribution is 5.10. The lowest BCUT2D eigenvalue weighted by Gasteiger charge is -2.31. The molecule has 0 amide bonds. The van der Waals surface area contributed by atoms with Crippen molar-refractivity contribution in [1.82, 2.24) is 9.88 Å². The zero-order chi connectivity index (χ0) is 36.6. The van der Waals surface area contributed by atoms with Gasteiger partial charge in [0, 0.05) is 44.9 Å². The van der Waals surface area contributed by atoms with Gasteiger partial charge in [0.1, 0.15) is 12.2 Å². The molecular weight excluding hydrogens is 637 g/mol. The number of pyridine rings is 1. The first-order chi connectivity index (χ1) is 25.7. The number of nitrogens with zero attached hydrogens (tertiary/aromatic N) is 2. The van der Waals surface area contributed by atoms with Crippen molar-refractivity contribution in [2.75, 3.05) is 19.6 Å². The molecule has 2 atom stereocenters. The molecule has 3 rings (SSSR count). The first kappa shape index (κ1) is 44.4. The highest BCUT2D eigenvalue weighted by atomic mass is 16.8. The van der Waals surface area contributed by atoms with E-state index in [4.69, 9.17) is 9.47 Å². The Morgan fingerprint density at radius 2 is 0.962 bits per heavy atom. The molecule has 294 valence electrons. The summed E-state index contributed by atoms with van der Waals surface area (Å²) in [5.74, 6) is -0.350. The number of unbranched alkanes of at least 4 members (excludes halogenated alkanes) is 18. The largest absolute Gasteiger partial charge is 0.343 e. The van der Waals surface area contributed by atoms with E-state index in [9.17, 15) is 0 Å².